The van der Waals surface area contributed by atoms with Gasteiger partial charge in [0.1, 0.15) is 0 Å². The summed E-state index contributed by atoms with van der Waals surface area (Å²) < 4.78 is 3.20. The van der Waals surface area contributed by atoms with E-state index in [1.54, 1.807) is 6.20 Å². The summed E-state index contributed by atoms with van der Waals surface area (Å²) in [6.45, 7) is 8.21. The number of rotatable bonds is 3. The molecule has 0 saturated heterocycles. The molecule has 0 unspecified atom stereocenters. The van der Waals surface area contributed by atoms with Crippen LogP contribution in [0, 0.1) is 0 Å². The summed E-state index contributed by atoms with van der Waals surface area (Å²) in [6, 6.07) is 1.52. The Morgan fingerprint density at radius 2 is 2.14 bits per heavy atom. The van der Waals surface area contributed by atoms with Gasteiger partial charge in [-0.05, 0) is 27.2 Å². The van der Waals surface area contributed by atoms with E-state index in [2.05, 4.69) is 41.3 Å². The van der Waals surface area contributed by atoms with Crippen molar-refractivity contribution in [1.29, 1.82) is 0 Å². The molecule has 0 aliphatic heterocycles. The maximum Gasteiger partial charge on any atom is 0.275 e. The summed E-state index contributed by atoms with van der Waals surface area (Å²) in [7, 11) is 0. The van der Waals surface area contributed by atoms with Gasteiger partial charge in [-0.3, -0.25) is 9.48 Å². The molecule has 0 spiro atoms. The Labute approximate surface area is 131 Å². The Morgan fingerprint density at radius 1 is 1.36 bits per heavy atom. The van der Waals surface area contributed by atoms with E-state index >= 15 is 0 Å². The van der Waals surface area contributed by atoms with Crippen LogP contribution in [0.4, 0.5) is 10.8 Å². The molecule has 3 aromatic heterocycles. The first-order valence-corrected chi connectivity index (χ1v) is 7.90. The fourth-order valence-corrected chi connectivity index (χ4v) is 2.81. The Bertz CT molecular complexity index is 869. The summed E-state index contributed by atoms with van der Waals surface area (Å²) >= 11 is 1.35. The third kappa shape index (κ3) is 2.74. The second-order valence-electron chi connectivity index (χ2n) is 6.01. The quantitative estimate of drug-likeness (QED) is 0.802. The SMILES string of the molecule is CCc1cc(=O)n2nc(Nc3cnn(C(C)(C)C)c3)sc2n1. The van der Waals surface area contributed by atoms with Crippen molar-refractivity contribution in [2.45, 2.75) is 39.7 Å². The van der Waals surface area contributed by atoms with Crippen molar-refractivity contribution >= 4 is 27.1 Å². The molecule has 0 radical (unpaired) electrons. The van der Waals surface area contributed by atoms with Crippen LogP contribution in [0.25, 0.3) is 4.96 Å². The van der Waals surface area contributed by atoms with Gasteiger partial charge in [0, 0.05) is 18.0 Å². The Kier molecular flexibility index (Phi) is 3.48. The predicted octanol–water partition coefficient (Wildman–Crippen LogP) is 2.41. The molecule has 0 aromatic carbocycles. The van der Waals surface area contributed by atoms with Crippen LogP contribution in [0.3, 0.4) is 0 Å². The van der Waals surface area contributed by atoms with E-state index in [1.165, 1.54) is 21.9 Å². The lowest BCUT2D eigenvalue weighted by Crippen LogP contribution is -2.21. The van der Waals surface area contributed by atoms with Crippen LogP contribution in [0.15, 0.2) is 23.3 Å². The highest BCUT2D eigenvalue weighted by molar-refractivity contribution is 7.20. The van der Waals surface area contributed by atoms with E-state index in [-0.39, 0.29) is 11.1 Å². The fourth-order valence-electron chi connectivity index (χ4n) is 1.97. The molecule has 3 rings (SSSR count). The van der Waals surface area contributed by atoms with Crippen LogP contribution in [0.2, 0.25) is 0 Å². The average Bonchev–Trinajstić information content (AvgIpc) is 3.05. The molecule has 0 aliphatic carbocycles. The number of aromatic nitrogens is 5. The Hall–Kier alpha value is -2.22. The molecule has 0 bridgehead atoms. The molecule has 0 fully saturated rings. The fraction of sp³-hybridized carbons (Fsp3) is 0.429. The first-order chi connectivity index (χ1) is 10.4. The Morgan fingerprint density at radius 3 is 2.77 bits per heavy atom. The molecule has 22 heavy (non-hydrogen) atoms. The monoisotopic (exact) mass is 318 g/mol. The number of anilines is 2. The first-order valence-electron chi connectivity index (χ1n) is 7.09. The third-order valence-corrected chi connectivity index (χ3v) is 4.01. The summed E-state index contributed by atoms with van der Waals surface area (Å²) in [5, 5.41) is 12.4. The van der Waals surface area contributed by atoms with Crippen molar-refractivity contribution in [2.75, 3.05) is 5.32 Å². The molecule has 0 amide bonds. The van der Waals surface area contributed by atoms with Gasteiger partial charge in [-0.1, -0.05) is 18.3 Å². The first kappa shape index (κ1) is 14.7. The second kappa shape index (κ2) is 5.20. The number of aryl methyl sites for hydroxylation is 1. The van der Waals surface area contributed by atoms with Crippen molar-refractivity contribution in [2.24, 2.45) is 0 Å². The van der Waals surface area contributed by atoms with E-state index in [1.807, 2.05) is 17.8 Å². The van der Waals surface area contributed by atoms with Crippen LogP contribution in [0.1, 0.15) is 33.4 Å². The van der Waals surface area contributed by atoms with E-state index in [0.717, 1.165) is 17.8 Å². The van der Waals surface area contributed by atoms with Gasteiger partial charge < -0.3 is 5.32 Å². The molecular weight excluding hydrogens is 300 g/mol. The number of fused-ring (bicyclic) bond motifs is 1. The minimum absolute atomic E-state index is 0.0813. The van der Waals surface area contributed by atoms with Crippen LogP contribution >= 0.6 is 11.3 Å². The normalized spacial score (nSPS) is 12.0. The largest absolute Gasteiger partial charge is 0.327 e. The average molecular weight is 318 g/mol. The van der Waals surface area contributed by atoms with Crippen molar-refractivity contribution in [3.05, 3.63) is 34.5 Å². The molecule has 0 aliphatic rings. The highest BCUT2D eigenvalue weighted by Gasteiger charge is 2.15. The molecule has 8 heteroatoms. The molecule has 7 nitrogen and oxygen atoms in total. The molecule has 0 atom stereocenters. The zero-order chi connectivity index (χ0) is 15.9. The highest BCUT2D eigenvalue weighted by Crippen LogP contribution is 2.23. The van der Waals surface area contributed by atoms with Crippen molar-refractivity contribution in [1.82, 2.24) is 24.4 Å². The number of nitrogens with zero attached hydrogens (tertiary/aromatic N) is 5. The number of nitrogens with one attached hydrogen (secondary N) is 1. The maximum absolute atomic E-state index is 12.0. The minimum Gasteiger partial charge on any atom is -0.327 e. The standard InChI is InChI=1S/C14H18N6OS/c1-5-9-6-11(21)20-13(17-9)22-12(18-20)16-10-7-15-19(8-10)14(2,3)4/h6-8H,5H2,1-4H3,(H,16,18). The van der Waals surface area contributed by atoms with Crippen molar-refractivity contribution in [3.8, 4) is 0 Å². The number of hydrogen-bond donors (Lipinski definition) is 1. The van der Waals surface area contributed by atoms with Gasteiger partial charge in [0.05, 0.1) is 17.4 Å². The highest BCUT2D eigenvalue weighted by atomic mass is 32.1. The summed E-state index contributed by atoms with van der Waals surface area (Å²) in [4.78, 5) is 17.0. The van der Waals surface area contributed by atoms with Crippen LogP contribution < -0.4 is 10.9 Å². The van der Waals surface area contributed by atoms with Gasteiger partial charge in [-0.15, -0.1) is 5.10 Å². The van der Waals surface area contributed by atoms with Crippen LogP contribution in [-0.4, -0.2) is 24.4 Å². The predicted molar refractivity (Wildman–Crippen MR) is 87.0 cm³/mol. The Balaban J connectivity index is 1.93. The lowest BCUT2D eigenvalue weighted by Gasteiger charge is -2.18. The van der Waals surface area contributed by atoms with Crippen LogP contribution in [-0.2, 0) is 12.0 Å². The lowest BCUT2D eigenvalue weighted by molar-refractivity contribution is 0.355. The zero-order valence-electron chi connectivity index (χ0n) is 13.0. The molecule has 3 heterocycles. The second-order valence-corrected chi connectivity index (χ2v) is 6.97. The van der Waals surface area contributed by atoms with Gasteiger partial charge in [0.15, 0.2) is 0 Å². The van der Waals surface area contributed by atoms with Gasteiger partial charge in [-0.2, -0.15) is 9.61 Å². The third-order valence-electron chi connectivity index (χ3n) is 3.18. The van der Waals surface area contributed by atoms with Gasteiger partial charge in [-0.25, -0.2) is 4.98 Å². The summed E-state index contributed by atoms with van der Waals surface area (Å²) in [6.07, 6.45) is 4.38. The molecule has 3 aromatic rings. The van der Waals surface area contributed by atoms with Gasteiger partial charge >= 0.3 is 0 Å². The molecular formula is C14H18N6OS. The van der Waals surface area contributed by atoms with Gasteiger partial charge in [0.2, 0.25) is 10.1 Å². The smallest absolute Gasteiger partial charge is 0.275 e. The van der Waals surface area contributed by atoms with E-state index in [4.69, 9.17) is 0 Å². The lowest BCUT2D eigenvalue weighted by atomic mass is 10.1. The van der Waals surface area contributed by atoms with E-state index in [9.17, 15) is 4.79 Å². The summed E-state index contributed by atoms with van der Waals surface area (Å²) in [5.74, 6) is 0. The molecule has 1 N–H and O–H groups in total. The van der Waals surface area contributed by atoms with Gasteiger partial charge in [0.25, 0.3) is 5.56 Å². The zero-order valence-corrected chi connectivity index (χ0v) is 13.8. The topological polar surface area (TPSA) is 77.1 Å². The van der Waals surface area contributed by atoms with E-state index < -0.39 is 0 Å². The summed E-state index contributed by atoms with van der Waals surface area (Å²) in [5.41, 5.74) is 1.37. The molecule has 116 valence electrons. The number of hydrogen-bond acceptors (Lipinski definition) is 6. The van der Waals surface area contributed by atoms with Crippen LogP contribution in [0.5, 0.6) is 0 Å². The molecule has 0 saturated carbocycles. The van der Waals surface area contributed by atoms with E-state index in [0.29, 0.717) is 10.1 Å². The maximum atomic E-state index is 12.0. The minimum atomic E-state index is -0.156. The van der Waals surface area contributed by atoms with Crippen molar-refractivity contribution < 1.29 is 0 Å². The van der Waals surface area contributed by atoms with Crippen molar-refractivity contribution in [3.63, 3.8) is 0 Å².